The van der Waals surface area contributed by atoms with E-state index < -0.39 is 12.0 Å². The second kappa shape index (κ2) is 14.1. The maximum absolute atomic E-state index is 13.8. The van der Waals surface area contributed by atoms with E-state index in [1.54, 1.807) is 39.5 Å². The van der Waals surface area contributed by atoms with Gasteiger partial charge in [-0.2, -0.15) is 0 Å². The number of hydrogen-bond donors (Lipinski definition) is 2. The fourth-order valence-electron chi connectivity index (χ4n) is 4.36. The van der Waals surface area contributed by atoms with Crippen molar-refractivity contribution in [2.24, 2.45) is 5.92 Å². The average molecular weight is 536 g/mol. The first-order chi connectivity index (χ1) is 18.7. The van der Waals surface area contributed by atoms with Crippen molar-refractivity contribution in [3.05, 3.63) is 82.9 Å². The van der Waals surface area contributed by atoms with Gasteiger partial charge in [-0.3, -0.25) is 9.59 Å². The molecule has 8 nitrogen and oxygen atoms in total. The maximum Gasteiger partial charge on any atom is 0.303 e. The average Bonchev–Trinajstić information content (AvgIpc) is 2.94. The summed E-state index contributed by atoms with van der Waals surface area (Å²) in [6.45, 7) is 4.42. The van der Waals surface area contributed by atoms with Gasteiger partial charge < -0.3 is 29.4 Å². The minimum Gasteiger partial charge on any atom is -0.496 e. The first-order valence-electron chi connectivity index (χ1n) is 12.9. The van der Waals surface area contributed by atoms with Crippen LogP contribution in [0.25, 0.3) is 0 Å². The van der Waals surface area contributed by atoms with E-state index >= 15 is 0 Å². The van der Waals surface area contributed by atoms with Crippen LogP contribution in [0.5, 0.6) is 23.0 Å². The molecule has 3 aromatic rings. The normalized spacial score (nSPS) is 11.5. The summed E-state index contributed by atoms with van der Waals surface area (Å²) in [6.07, 6.45) is 0.782. The predicted molar refractivity (Wildman–Crippen MR) is 149 cm³/mol. The van der Waals surface area contributed by atoms with Crippen LogP contribution in [0.3, 0.4) is 0 Å². The number of ether oxygens (including phenoxy) is 4. The van der Waals surface area contributed by atoms with Crippen molar-refractivity contribution < 1.29 is 33.6 Å². The molecule has 1 atom stereocenters. The zero-order valence-corrected chi connectivity index (χ0v) is 23.2. The van der Waals surface area contributed by atoms with Gasteiger partial charge in [0.05, 0.1) is 27.4 Å². The zero-order chi connectivity index (χ0) is 28.4. The number of nitrogens with one attached hydrogen (secondary N) is 1. The molecule has 3 aromatic carbocycles. The fourth-order valence-corrected chi connectivity index (χ4v) is 4.36. The molecule has 208 valence electrons. The summed E-state index contributed by atoms with van der Waals surface area (Å²) >= 11 is 0. The Morgan fingerprint density at radius 2 is 1.54 bits per heavy atom. The van der Waals surface area contributed by atoms with Crippen LogP contribution in [-0.4, -0.2) is 38.3 Å². The van der Waals surface area contributed by atoms with Gasteiger partial charge in [0.1, 0.15) is 18.1 Å². The quantitative estimate of drug-likeness (QED) is 0.268. The van der Waals surface area contributed by atoms with Crippen LogP contribution >= 0.6 is 0 Å². The molecule has 0 saturated carbocycles. The Hall–Kier alpha value is -4.20. The van der Waals surface area contributed by atoms with Gasteiger partial charge in [-0.05, 0) is 54.2 Å². The number of hydrogen-bond acceptors (Lipinski definition) is 6. The van der Waals surface area contributed by atoms with Crippen LogP contribution in [0.4, 0.5) is 0 Å². The van der Waals surface area contributed by atoms with Gasteiger partial charge in [-0.15, -0.1) is 0 Å². The molecule has 0 aliphatic carbocycles. The molecule has 1 amide bonds. The third kappa shape index (κ3) is 8.14. The molecule has 3 rings (SSSR count). The molecule has 0 aliphatic rings. The Morgan fingerprint density at radius 1 is 0.872 bits per heavy atom. The number of methoxy groups -OCH3 is 3. The SMILES string of the molecule is COc1cc(OC)c(C(CC(C)C)NC(=O)c2cc(COc3ccccc3)ccc2CCC(=O)O)cc1OC. The summed E-state index contributed by atoms with van der Waals surface area (Å²) < 4.78 is 22.5. The molecule has 0 aromatic heterocycles. The lowest BCUT2D eigenvalue weighted by Gasteiger charge is -2.25. The number of para-hydroxylation sites is 1. The molecule has 0 heterocycles. The van der Waals surface area contributed by atoms with Crippen LogP contribution < -0.4 is 24.3 Å². The number of rotatable bonds is 14. The Labute approximate surface area is 229 Å². The van der Waals surface area contributed by atoms with E-state index in [1.807, 2.05) is 42.5 Å². The highest BCUT2D eigenvalue weighted by molar-refractivity contribution is 5.96. The first kappa shape index (κ1) is 29.4. The van der Waals surface area contributed by atoms with Crippen molar-refractivity contribution in [1.82, 2.24) is 5.32 Å². The van der Waals surface area contributed by atoms with E-state index in [4.69, 9.17) is 18.9 Å². The van der Waals surface area contributed by atoms with E-state index in [1.165, 1.54) is 0 Å². The predicted octanol–water partition coefficient (Wildman–Crippen LogP) is 5.83. The van der Waals surface area contributed by atoms with E-state index in [2.05, 4.69) is 19.2 Å². The molecule has 8 heteroatoms. The largest absolute Gasteiger partial charge is 0.496 e. The second-order valence-corrected chi connectivity index (χ2v) is 9.59. The topological polar surface area (TPSA) is 103 Å². The molecule has 1 unspecified atom stereocenters. The van der Waals surface area contributed by atoms with Gasteiger partial charge in [0.25, 0.3) is 5.91 Å². The van der Waals surface area contributed by atoms with Gasteiger partial charge in [0.15, 0.2) is 11.5 Å². The number of carbonyl (C=O) groups is 2. The van der Waals surface area contributed by atoms with Crippen LogP contribution in [0, 0.1) is 5.92 Å². The summed E-state index contributed by atoms with van der Waals surface area (Å²) in [6, 6.07) is 18.0. The lowest BCUT2D eigenvalue weighted by Crippen LogP contribution is -2.31. The minimum atomic E-state index is -0.925. The third-order valence-corrected chi connectivity index (χ3v) is 6.30. The molecule has 2 N–H and O–H groups in total. The summed E-state index contributed by atoms with van der Waals surface area (Å²) in [5, 5.41) is 12.4. The number of aliphatic carboxylic acids is 1. The number of carboxylic acids is 1. The van der Waals surface area contributed by atoms with Gasteiger partial charge in [0, 0.05) is 23.6 Å². The number of amides is 1. The highest BCUT2D eigenvalue weighted by Gasteiger charge is 2.24. The lowest BCUT2D eigenvalue weighted by atomic mass is 9.94. The number of carboxylic acid groups (broad SMARTS) is 1. The second-order valence-electron chi connectivity index (χ2n) is 9.59. The van der Waals surface area contributed by atoms with E-state index in [-0.39, 0.29) is 31.3 Å². The number of carbonyl (C=O) groups excluding carboxylic acids is 1. The van der Waals surface area contributed by atoms with Gasteiger partial charge >= 0.3 is 5.97 Å². The molecular weight excluding hydrogens is 498 g/mol. The van der Waals surface area contributed by atoms with Crippen molar-refractivity contribution in [2.45, 2.75) is 45.8 Å². The Balaban J connectivity index is 1.96. The van der Waals surface area contributed by atoms with E-state index in [9.17, 15) is 14.7 Å². The molecule has 0 spiro atoms. The van der Waals surface area contributed by atoms with Crippen LogP contribution in [0.2, 0.25) is 0 Å². The highest BCUT2D eigenvalue weighted by atomic mass is 16.5. The number of aryl methyl sites for hydroxylation is 1. The molecule has 0 saturated heterocycles. The van der Waals surface area contributed by atoms with Crippen molar-refractivity contribution in [2.75, 3.05) is 21.3 Å². The standard InChI is InChI=1S/C31H37NO7/c1-20(2)15-26(25-17-28(37-4)29(38-5)18-27(25)36-3)32-31(35)24-16-21(11-12-22(24)13-14-30(33)34)19-39-23-9-7-6-8-10-23/h6-12,16-18,20,26H,13-15,19H2,1-5H3,(H,32,35)(H,33,34). The summed E-state index contributed by atoms with van der Waals surface area (Å²) in [7, 11) is 4.68. The first-order valence-corrected chi connectivity index (χ1v) is 12.9. The zero-order valence-electron chi connectivity index (χ0n) is 23.2. The third-order valence-electron chi connectivity index (χ3n) is 6.30. The molecule has 0 fully saturated rings. The molecule has 0 aliphatic heterocycles. The molecule has 0 bridgehead atoms. The molecular formula is C31H37NO7. The maximum atomic E-state index is 13.8. The monoisotopic (exact) mass is 535 g/mol. The fraction of sp³-hybridized carbons (Fsp3) is 0.355. The Kier molecular flexibility index (Phi) is 10.6. The van der Waals surface area contributed by atoms with Crippen molar-refractivity contribution in [3.8, 4) is 23.0 Å². The van der Waals surface area contributed by atoms with E-state index in [0.717, 1.165) is 16.9 Å². The van der Waals surface area contributed by atoms with Crippen LogP contribution in [0.15, 0.2) is 60.7 Å². The van der Waals surface area contributed by atoms with Crippen molar-refractivity contribution in [3.63, 3.8) is 0 Å². The number of benzene rings is 3. The van der Waals surface area contributed by atoms with Gasteiger partial charge in [-0.1, -0.05) is 44.2 Å². The van der Waals surface area contributed by atoms with E-state index in [0.29, 0.717) is 34.8 Å². The smallest absolute Gasteiger partial charge is 0.303 e. The van der Waals surface area contributed by atoms with Crippen molar-refractivity contribution in [1.29, 1.82) is 0 Å². The Bertz CT molecular complexity index is 1260. The highest BCUT2D eigenvalue weighted by Crippen LogP contribution is 2.39. The molecule has 0 radical (unpaired) electrons. The van der Waals surface area contributed by atoms with Crippen molar-refractivity contribution >= 4 is 11.9 Å². The van der Waals surface area contributed by atoms with Gasteiger partial charge in [-0.25, -0.2) is 0 Å². The Morgan fingerprint density at radius 3 is 2.15 bits per heavy atom. The summed E-state index contributed by atoms with van der Waals surface area (Å²) in [4.78, 5) is 25.1. The lowest BCUT2D eigenvalue weighted by molar-refractivity contribution is -0.136. The van der Waals surface area contributed by atoms with Crippen LogP contribution in [0.1, 0.15) is 59.8 Å². The molecule has 39 heavy (non-hydrogen) atoms. The summed E-state index contributed by atoms with van der Waals surface area (Å²) in [5.41, 5.74) is 2.62. The van der Waals surface area contributed by atoms with Gasteiger partial charge in [0.2, 0.25) is 0 Å². The minimum absolute atomic E-state index is 0.0843. The van der Waals surface area contributed by atoms with Crippen LogP contribution in [-0.2, 0) is 17.8 Å². The summed E-state index contributed by atoms with van der Waals surface area (Å²) in [5.74, 6) is 1.36.